The van der Waals surface area contributed by atoms with Gasteiger partial charge >= 0.3 is 0 Å². The van der Waals surface area contributed by atoms with E-state index in [4.69, 9.17) is 23.2 Å². The van der Waals surface area contributed by atoms with E-state index in [1.165, 1.54) is 22.7 Å². The van der Waals surface area contributed by atoms with Crippen molar-refractivity contribution in [3.63, 3.8) is 0 Å². The van der Waals surface area contributed by atoms with Gasteiger partial charge in [0.05, 0.1) is 5.25 Å². The van der Waals surface area contributed by atoms with E-state index in [2.05, 4.69) is 11.9 Å². The Hall–Kier alpha value is -2.72. The van der Waals surface area contributed by atoms with Crippen LogP contribution < -0.4 is 10.2 Å². The average Bonchev–Trinajstić information content (AvgIpc) is 3.07. The number of nitrogens with one attached hydrogen (secondary N) is 1. The van der Waals surface area contributed by atoms with Crippen molar-refractivity contribution in [2.24, 2.45) is 0 Å². The first-order chi connectivity index (χ1) is 15.4. The van der Waals surface area contributed by atoms with Crippen LogP contribution in [0.2, 0.25) is 10.0 Å². The molecule has 0 bridgehead atoms. The van der Waals surface area contributed by atoms with Crippen LogP contribution in [0.15, 0.2) is 65.7 Å². The zero-order valence-electron chi connectivity index (χ0n) is 17.4. The van der Waals surface area contributed by atoms with Crippen molar-refractivity contribution in [3.05, 3.63) is 86.9 Å². The number of hydrogen-bond acceptors (Lipinski definition) is 4. The van der Waals surface area contributed by atoms with Crippen molar-refractivity contribution in [1.29, 1.82) is 5.26 Å². The van der Waals surface area contributed by atoms with Gasteiger partial charge < -0.3 is 5.32 Å². The highest BCUT2D eigenvalue weighted by Gasteiger charge is 2.40. The fraction of sp³-hybridized carbons (Fsp3) is 0.208. The van der Waals surface area contributed by atoms with Crippen LogP contribution in [-0.2, 0) is 22.4 Å². The molecule has 1 fully saturated rings. The third kappa shape index (κ3) is 5.36. The molecule has 2 aromatic rings. The van der Waals surface area contributed by atoms with Crippen LogP contribution >= 0.6 is 35.0 Å². The largest absolute Gasteiger partial charge is 0.348 e. The lowest BCUT2D eigenvalue weighted by atomic mass is 10.1. The Labute approximate surface area is 201 Å². The summed E-state index contributed by atoms with van der Waals surface area (Å²) in [5, 5.41) is 13.1. The maximum Gasteiger partial charge on any atom is 0.264 e. The molecule has 0 aromatic heterocycles. The van der Waals surface area contributed by atoms with Gasteiger partial charge in [0.1, 0.15) is 16.7 Å². The maximum absolute atomic E-state index is 13.4. The summed E-state index contributed by atoms with van der Waals surface area (Å²) in [6, 6.07) is 14.6. The van der Waals surface area contributed by atoms with Crippen LogP contribution in [0, 0.1) is 11.3 Å². The highest BCUT2D eigenvalue weighted by atomic mass is 35.5. The molecule has 1 aliphatic rings. The quantitative estimate of drug-likeness (QED) is 0.328. The molecule has 5 nitrogen and oxygen atoms in total. The van der Waals surface area contributed by atoms with Gasteiger partial charge in [-0.2, -0.15) is 5.26 Å². The summed E-state index contributed by atoms with van der Waals surface area (Å²) in [7, 11) is 0. The van der Waals surface area contributed by atoms with Crippen LogP contribution in [0.25, 0.3) is 0 Å². The summed E-state index contributed by atoms with van der Waals surface area (Å²) in [6.07, 6.45) is 2.73. The number of carbonyl (C=O) groups excluding carboxylic acids is 2. The number of anilines is 1. The molecule has 2 amide bonds. The molecule has 32 heavy (non-hydrogen) atoms. The minimum Gasteiger partial charge on any atom is -0.348 e. The predicted octanol–water partition coefficient (Wildman–Crippen LogP) is 5.28. The number of halogens is 2. The summed E-state index contributed by atoms with van der Waals surface area (Å²) < 4.78 is 0. The first kappa shape index (κ1) is 23.9. The maximum atomic E-state index is 13.4. The normalized spacial score (nSPS) is 17.1. The molecule has 1 N–H and O–H groups in total. The van der Waals surface area contributed by atoms with E-state index in [-0.39, 0.29) is 18.0 Å². The smallest absolute Gasteiger partial charge is 0.264 e. The third-order valence-corrected chi connectivity index (χ3v) is 6.56. The SMILES string of the molecule is C=CCNC(=O)/C(C#N)=C1\SC(Cc2cc(Cl)cc(Cl)c2)C(=O)N1c1ccc(CC)cc1. The summed E-state index contributed by atoms with van der Waals surface area (Å²) in [5.41, 5.74) is 2.40. The van der Waals surface area contributed by atoms with Crippen LogP contribution in [0.4, 0.5) is 5.69 Å². The molecule has 3 rings (SSSR count). The lowest BCUT2D eigenvalue weighted by Crippen LogP contribution is -2.32. The molecular formula is C24H21Cl2N3O2S. The average molecular weight is 486 g/mol. The number of benzene rings is 2. The molecule has 0 radical (unpaired) electrons. The number of rotatable bonds is 7. The summed E-state index contributed by atoms with van der Waals surface area (Å²) in [5.74, 6) is -0.765. The lowest BCUT2D eigenvalue weighted by molar-refractivity contribution is -0.117. The molecule has 1 aliphatic heterocycles. The van der Waals surface area contributed by atoms with Gasteiger partial charge in [-0.1, -0.05) is 60.1 Å². The van der Waals surface area contributed by atoms with E-state index in [1.807, 2.05) is 37.3 Å². The zero-order valence-corrected chi connectivity index (χ0v) is 19.7. The Bertz CT molecular complexity index is 1100. The van der Waals surface area contributed by atoms with E-state index in [9.17, 15) is 14.9 Å². The Morgan fingerprint density at radius 1 is 1.22 bits per heavy atom. The minimum absolute atomic E-state index is 0.114. The van der Waals surface area contributed by atoms with Crippen LogP contribution in [-0.4, -0.2) is 23.6 Å². The van der Waals surface area contributed by atoms with E-state index in [0.717, 1.165) is 17.5 Å². The highest BCUT2D eigenvalue weighted by Crippen LogP contribution is 2.42. The van der Waals surface area contributed by atoms with Gasteiger partial charge in [0.25, 0.3) is 5.91 Å². The molecule has 0 saturated carbocycles. The van der Waals surface area contributed by atoms with Crippen LogP contribution in [0.1, 0.15) is 18.1 Å². The van der Waals surface area contributed by atoms with Gasteiger partial charge in [-0.3, -0.25) is 14.5 Å². The third-order valence-electron chi connectivity index (χ3n) is 4.86. The minimum atomic E-state index is -0.552. The predicted molar refractivity (Wildman–Crippen MR) is 131 cm³/mol. The van der Waals surface area contributed by atoms with Gasteiger partial charge in [-0.15, -0.1) is 6.58 Å². The van der Waals surface area contributed by atoms with Crippen LogP contribution in [0.5, 0.6) is 0 Å². The van der Waals surface area contributed by atoms with Crippen molar-refractivity contribution in [2.45, 2.75) is 25.0 Å². The van der Waals surface area contributed by atoms with E-state index < -0.39 is 11.2 Å². The van der Waals surface area contributed by atoms with Crippen molar-refractivity contribution >= 4 is 52.5 Å². The molecule has 2 aromatic carbocycles. The zero-order chi connectivity index (χ0) is 23.3. The molecule has 164 valence electrons. The standard InChI is InChI=1S/C24H21Cl2N3O2S/c1-3-9-28-22(30)20(14-27)24-29(19-7-5-15(4-2)6-8-19)23(31)21(32-24)12-16-10-17(25)13-18(26)11-16/h3,5-8,10-11,13,21H,1,4,9,12H2,2H3,(H,28,30)/b24-20-. The van der Waals surface area contributed by atoms with Gasteiger partial charge in [0, 0.05) is 22.3 Å². The number of carbonyl (C=O) groups is 2. The van der Waals surface area contributed by atoms with Crippen LogP contribution in [0.3, 0.4) is 0 Å². The van der Waals surface area contributed by atoms with E-state index >= 15 is 0 Å². The Morgan fingerprint density at radius 3 is 2.44 bits per heavy atom. The molecule has 1 atom stereocenters. The number of thioether (sulfide) groups is 1. The molecule has 0 aliphatic carbocycles. The van der Waals surface area contributed by atoms with Crippen molar-refractivity contribution < 1.29 is 9.59 Å². The second-order valence-electron chi connectivity index (χ2n) is 7.07. The summed E-state index contributed by atoms with van der Waals surface area (Å²) >= 11 is 13.4. The Balaban J connectivity index is 2.03. The van der Waals surface area contributed by atoms with E-state index in [1.54, 1.807) is 18.2 Å². The first-order valence-corrected chi connectivity index (χ1v) is 11.6. The molecule has 1 saturated heterocycles. The second-order valence-corrected chi connectivity index (χ2v) is 9.14. The Kier molecular flexibility index (Phi) is 8.03. The number of hydrogen-bond donors (Lipinski definition) is 1. The topological polar surface area (TPSA) is 73.2 Å². The fourth-order valence-corrected chi connectivity index (χ4v) is 5.18. The lowest BCUT2D eigenvalue weighted by Gasteiger charge is -2.19. The summed E-state index contributed by atoms with van der Waals surface area (Å²) in [4.78, 5) is 27.5. The fourth-order valence-electron chi connectivity index (χ4n) is 3.30. The van der Waals surface area contributed by atoms with Gasteiger partial charge in [0.15, 0.2) is 0 Å². The van der Waals surface area contributed by atoms with Crippen molar-refractivity contribution in [1.82, 2.24) is 5.32 Å². The number of aryl methyl sites for hydroxylation is 1. The number of nitrogens with zero attached hydrogens (tertiary/aromatic N) is 2. The Morgan fingerprint density at radius 2 is 1.88 bits per heavy atom. The van der Waals surface area contributed by atoms with E-state index in [0.29, 0.717) is 27.2 Å². The number of nitriles is 1. The molecule has 1 heterocycles. The highest BCUT2D eigenvalue weighted by molar-refractivity contribution is 8.05. The molecule has 0 spiro atoms. The van der Waals surface area contributed by atoms with Gasteiger partial charge in [-0.05, 0) is 54.3 Å². The summed E-state index contributed by atoms with van der Waals surface area (Å²) in [6.45, 7) is 5.83. The molecule has 8 heteroatoms. The monoisotopic (exact) mass is 485 g/mol. The second kappa shape index (κ2) is 10.7. The van der Waals surface area contributed by atoms with Gasteiger partial charge in [-0.25, -0.2) is 0 Å². The van der Waals surface area contributed by atoms with Crippen molar-refractivity contribution in [2.75, 3.05) is 11.4 Å². The van der Waals surface area contributed by atoms with Gasteiger partial charge in [0.2, 0.25) is 5.91 Å². The molecule has 1 unspecified atom stereocenters. The first-order valence-electron chi connectivity index (χ1n) is 9.96. The van der Waals surface area contributed by atoms with Crippen molar-refractivity contribution in [3.8, 4) is 6.07 Å². The molecular weight excluding hydrogens is 465 g/mol. The number of amides is 2.